The highest BCUT2D eigenvalue weighted by molar-refractivity contribution is 5.93. The fraction of sp³-hybridized carbons (Fsp3) is 0.125. The van der Waals surface area contributed by atoms with E-state index in [1.807, 2.05) is 6.92 Å². The van der Waals surface area contributed by atoms with E-state index in [1.165, 1.54) is 6.07 Å². The van der Waals surface area contributed by atoms with E-state index in [0.29, 0.717) is 22.6 Å². The van der Waals surface area contributed by atoms with Gasteiger partial charge in [0.15, 0.2) is 11.3 Å². The van der Waals surface area contributed by atoms with Crippen LogP contribution in [0.15, 0.2) is 30.3 Å². The molecule has 7 nitrogen and oxygen atoms in total. The number of carbonyl (C=O) groups is 2. The fourth-order valence-corrected chi connectivity index (χ4v) is 2.47. The zero-order valence-electron chi connectivity index (χ0n) is 12.6. The van der Waals surface area contributed by atoms with Gasteiger partial charge >= 0.3 is 5.97 Å². The Kier molecular flexibility index (Phi) is 3.33. The number of fused-ring (bicyclic) bond motifs is 1. The summed E-state index contributed by atoms with van der Waals surface area (Å²) in [5.41, 5.74) is 9.13. The van der Waals surface area contributed by atoms with E-state index in [4.69, 9.17) is 10.8 Å². The second-order valence-electron chi connectivity index (χ2n) is 5.28. The van der Waals surface area contributed by atoms with E-state index in [9.17, 15) is 9.59 Å². The van der Waals surface area contributed by atoms with Crippen molar-refractivity contribution in [3.05, 3.63) is 52.8 Å². The molecular formula is C16H14N4O3. The predicted molar refractivity (Wildman–Crippen MR) is 83.4 cm³/mol. The molecule has 116 valence electrons. The minimum atomic E-state index is -1.08. The van der Waals surface area contributed by atoms with Crippen LogP contribution in [0.1, 0.15) is 32.1 Å². The largest absolute Gasteiger partial charge is 0.477 e. The number of primary amides is 1. The number of amides is 1. The van der Waals surface area contributed by atoms with Crippen molar-refractivity contribution in [2.24, 2.45) is 5.73 Å². The Balaban J connectivity index is 2.16. The second kappa shape index (κ2) is 5.20. The number of aryl methyl sites for hydroxylation is 2. The van der Waals surface area contributed by atoms with Gasteiger partial charge in [-0.2, -0.15) is 5.10 Å². The van der Waals surface area contributed by atoms with Crippen LogP contribution in [-0.4, -0.2) is 31.6 Å². The average molecular weight is 310 g/mol. The molecule has 0 aliphatic heterocycles. The standard InChI is InChI=1S/C16H14N4O3/c1-8-5-10(15(17)21)3-4-11(8)12-7-14-18-13(16(22)23)6-9(2)20(14)19-12/h3-7H,1-2H3,(H2,17,21)(H,22,23). The van der Waals surface area contributed by atoms with Crippen molar-refractivity contribution in [1.82, 2.24) is 14.6 Å². The summed E-state index contributed by atoms with van der Waals surface area (Å²) in [6.07, 6.45) is 0. The van der Waals surface area contributed by atoms with Crippen molar-refractivity contribution in [2.75, 3.05) is 0 Å². The lowest BCUT2D eigenvalue weighted by molar-refractivity contribution is 0.0690. The second-order valence-corrected chi connectivity index (χ2v) is 5.28. The molecule has 0 radical (unpaired) electrons. The number of hydrogen-bond acceptors (Lipinski definition) is 4. The number of benzene rings is 1. The number of nitrogens with zero attached hydrogens (tertiary/aromatic N) is 3. The van der Waals surface area contributed by atoms with E-state index < -0.39 is 11.9 Å². The van der Waals surface area contributed by atoms with Crippen LogP contribution in [0.3, 0.4) is 0 Å². The molecule has 0 atom stereocenters. The quantitative estimate of drug-likeness (QED) is 0.766. The highest BCUT2D eigenvalue weighted by Crippen LogP contribution is 2.24. The SMILES string of the molecule is Cc1cc(C(N)=O)ccc1-c1cc2nc(C(=O)O)cc(C)n2n1. The van der Waals surface area contributed by atoms with Gasteiger partial charge in [-0.1, -0.05) is 6.07 Å². The molecule has 0 unspecified atom stereocenters. The molecule has 0 saturated carbocycles. The number of carbonyl (C=O) groups excluding carboxylic acids is 1. The Bertz CT molecular complexity index is 959. The van der Waals surface area contributed by atoms with Crippen molar-refractivity contribution < 1.29 is 14.7 Å². The Morgan fingerprint density at radius 2 is 1.91 bits per heavy atom. The Morgan fingerprint density at radius 3 is 2.52 bits per heavy atom. The van der Waals surface area contributed by atoms with Crippen molar-refractivity contribution >= 4 is 17.5 Å². The van der Waals surface area contributed by atoms with Crippen molar-refractivity contribution in [3.8, 4) is 11.3 Å². The van der Waals surface area contributed by atoms with Gasteiger partial charge in [-0.3, -0.25) is 4.79 Å². The third-order valence-electron chi connectivity index (χ3n) is 3.61. The van der Waals surface area contributed by atoms with Gasteiger partial charge in [0, 0.05) is 22.9 Å². The molecule has 0 spiro atoms. The predicted octanol–water partition coefficient (Wildman–Crippen LogP) is 1.81. The van der Waals surface area contributed by atoms with E-state index in [2.05, 4.69) is 10.1 Å². The van der Waals surface area contributed by atoms with Crippen LogP contribution in [0.2, 0.25) is 0 Å². The first kappa shape index (κ1) is 14.7. The van der Waals surface area contributed by atoms with E-state index in [0.717, 1.165) is 11.1 Å². The Hall–Kier alpha value is -3.22. The normalized spacial score (nSPS) is 10.9. The molecule has 3 N–H and O–H groups in total. The van der Waals surface area contributed by atoms with Crippen LogP contribution < -0.4 is 5.73 Å². The number of aromatic nitrogens is 3. The van der Waals surface area contributed by atoms with Gasteiger partial charge in [0.25, 0.3) is 0 Å². The molecule has 1 amide bonds. The molecule has 2 aromatic heterocycles. The highest BCUT2D eigenvalue weighted by atomic mass is 16.4. The number of hydrogen-bond donors (Lipinski definition) is 2. The molecule has 1 aromatic carbocycles. The zero-order chi connectivity index (χ0) is 16.7. The van der Waals surface area contributed by atoms with Crippen LogP contribution in [0.25, 0.3) is 16.9 Å². The van der Waals surface area contributed by atoms with Gasteiger partial charge in [0.05, 0.1) is 5.69 Å². The number of rotatable bonds is 3. The topological polar surface area (TPSA) is 111 Å². The van der Waals surface area contributed by atoms with Gasteiger partial charge in [0.1, 0.15) is 0 Å². The van der Waals surface area contributed by atoms with Gasteiger partial charge < -0.3 is 10.8 Å². The van der Waals surface area contributed by atoms with E-state index in [1.54, 1.807) is 35.7 Å². The lowest BCUT2D eigenvalue weighted by atomic mass is 10.0. The van der Waals surface area contributed by atoms with Gasteiger partial charge in [-0.15, -0.1) is 0 Å². The van der Waals surface area contributed by atoms with Crippen molar-refractivity contribution in [2.45, 2.75) is 13.8 Å². The Labute approximate surface area is 131 Å². The maximum Gasteiger partial charge on any atom is 0.354 e. The summed E-state index contributed by atoms with van der Waals surface area (Å²) in [6, 6.07) is 8.29. The van der Waals surface area contributed by atoms with Gasteiger partial charge in [-0.05, 0) is 37.6 Å². The lowest BCUT2D eigenvalue weighted by Crippen LogP contribution is -2.10. The molecule has 23 heavy (non-hydrogen) atoms. The fourth-order valence-electron chi connectivity index (χ4n) is 2.47. The maximum absolute atomic E-state index is 11.2. The zero-order valence-corrected chi connectivity index (χ0v) is 12.6. The molecule has 2 heterocycles. The molecule has 0 saturated heterocycles. The van der Waals surface area contributed by atoms with Crippen LogP contribution in [0.5, 0.6) is 0 Å². The van der Waals surface area contributed by atoms with Crippen LogP contribution in [0, 0.1) is 13.8 Å². The van der Waals surface area contributed by atoms with Crippen LogP contribution >= 0.6 is 0 Å². The summed E-state index contributed by atoms with van der Waals surface area (Å²) in [6.45, 7) is 3.62. The summed E-state index contributed by atoms with van der Waals surface area (Å²) in [7, 11) is 0. The number of nitrogens with two attached hydrogens (primary N) is 1. The smallest absolute Gasteiger partial charge is 0.354 e. The molecule has 3 rings (SSSR count). The molecule has 0 aliphatic rings. The first-order chi connectivity index (χ1) is 10.9. The van der Waals surface area contributed by atoms with E-state index in [-0.39, 0.29) is 5.69 Å². The van der Waals surface area contributed by atoms with Crippen LogP contribution in [0.4, 0.5) is 0 Å². The molecule has 3 aromatic rings. The van der Waals surface area contributed by atoms with Gasteiger partial charge in [-0.25, -0.2) is 14.3 Å². The minimum absolute atomic E-state index is 0.0257. The van der Waals surface area contributed by atoms with E-state index >= 15 is 0 Å². The van der Waals surface area contributed by atoms with Crippen LogP contribution in [-0.2, 0) is 0 Å². The first-order valence-corrected chi connectivity index (χ1v) is 6.88. The number of aromatic carboxylic acids is 1. The molecule has 0 aliphatic carbocycles. The first-order valence-electron chi connectivity index (χ1n) is 6.88. The van der Waals surface area contributed by atoms with Crippen molar-refractivity contribution in [1.29, 1.82) is 0 Å². The molecule has 7 heteroatoms. The van der Waals surface area contributed by atoms with Gasteiger partial charge in [0.2, 0.25) is 5.91 Å². The Morgan fingerprint density at radius 1 is 1.17 bits per heavy atom. The lowest BCUT2D eigenvalue weighted by Gasteiger charge is -2.04. The summed E-state index contributed by atoms with van der Waals surface area (Å²) in [5.74, 6) is -1.57. The summed E-state index contributed by atoms with van der Waals surface area (Å²) in [4.78, 5) is 26.4. The summed E-state index contributed by atoms with van der Waals surface area (Å²) < 4.78 is 1.59. The number of carboxylic acid groups (broad SMARTS) is 1. The number of carboxylic acids is 1. The molecule has 0 bridgehead atoms. The molecular weight excluding hydrogens is 296 g/mol. The third-order valence-corrected chi connectivity index (χ3v) is 3.61. The monoisotopic (exact) mass is 310 g/mol. The third kappa shape index (κ3) is 2.52. The molecule has 0 fully saturated rings. The summed E-state index contributed by atoms with van der Waals surface area (Å²) in [5, 5.41) is 13.5. The minimum Gasteiger partial charge on any atom is -0.477 e. The highest BCUT2D eigenvalue weighted by Gasteiger charge is 2.14. The maximum atomic E-state index is 11.2. The average Bonchev–Trinajstić information content (AvgIpc) is 2.91. The van der Waals surface area contributed by atoms with Crippen molar-refractivity contribution in [3.63, 3.8) is 0 Å². The summed E-state index contributed by atoms with van der Waals surface area (Å²) >= 11 is 0.